The fraction of sp³-hybridized carbons (Fsp3) is 0. The molecule has 2 aromatic rings. The molecule has 0 fully saturated rings. The molecule has 106 valence electrons. The summed E-state index contributed by atoms with van der Waals surface area (Å²) in [5, 5.41) is 10.3. The van der Waals surface area contributed by atoms with Gasteiger partial charge in [0.25, 0.3) is 5.69 Å². The number of halogens is 1. The molecule has 2 rings (SSSR count). The van der Waals surface area contributed by atoms with Crippen molar-refractivity contribution in [1.82, 2.24) is 0 Å². The van der Waals surface area contributed by atoms with E-state index in [1.807, 2.05) is 18.2 Å². The predicted octanol–water partition coefficient (Wildman–Crippen LogP) is 3.13. The third-order valence-corrected chi connectivity index (χ3v) is 3.69. The summed E-state index contributed by atoms with van der Waals surface area (Å²) >= 11 is 2.28. The summed E-state index contributed by atoms with van der Waals surface area (Å²) < 4.78 is 31.1. The van der Waals surface area contributed by atoms with Crippen molar-refractivity contribution in [2.75, 3.05) is 0 Å². The Morgan fingerprint density at radius 3 is 1.85 bits per heavy atom. The average Bonchev–Trinajstić information content (AvgIpc) is 2.39. The van der Waals surface area contributed by atoms with Crippen molar-refractivity contribution in [1.29, 1.82) is 0 Å². The van der Waals surface area contributed by atoms with E-state index >= 15 is 0 Å². The van der Waals surface area contributed by atoms with Gasteiger partial charge < -0.3 is 0 Å². The van der Waals surface area contributed by atoms with Gasteiger partial charge in [0.1, 0.15) is 0 Å². The normalized spacial score (nSPS) is 10.3. The molecule has 0 radical (unpaired) electrons. The van der Waals surface area contributed by atoms with Crippen LogP contribution in [0.3, 0.4) is 0 Å². The van der Waals surface area contributed by atoms with E-state index in [9.17, 15) is 18.5 Å². The van der Waals surface area contributed by atoms with E-state index in [0.717, 1.165) is 12.1 Å². The lowest BCUT2D eigenvalue weighted by Gasteiger charge is -1.97. The molecule has 0 heterocycles. The van der Waals surface area contributed by atoms with Gasteiger partial charge in [0.15, 0.2) is 4.90 Å². The Balaban J connectivity index is 0.000000240. The van der Waals surface area contributed by atoms with Gasteiger partial charge in [-0.2, -0.15) is 8.42 Å². The molecule has 6 nitrogen and oxygen atoms in total. The van der Waals surface area contributed by atoms with Crippen LogP contribution in [0.5, 0.6) is 0 Å². The second kappa shape index (κ2) is 7.31. The van der Waals surface area contributed by atoms with Crippen LogP contribution in [0.15, 0.2) is 59.5 Å². The van der Waals surface area contributed by atoms with E-state index in [1.54, 1.807) is 0 Å². The molecule has 0 saturated heterocycles. The Labute approximate surface area is 129 Å². The number of nitro groups is 1. The van der Waals surface area contributed by atoms with Crippen LogP contribution in [0.1, 0.15) is 0 Å². The number of rotatable bonds is 2. The minimum Gasteiger partial charge on any atom is -0.282 e. The smallest absolute Gasteiger partial charge is 0.282 e. The Kier molecular flexibility index (Phi) is 6.05. The molecule has 8 heteroatoms. The highest BCUT2D eigenvalue weighted by atomic mass is 127. The zero-order valence-electron chi connectivity index (χ0n) is 10.0. The molecule has 0 aliphatic heterocycles. The van der Waals surface area contributed by atoms with Crippen molar-refractivity contribution in [2.24, 2.45) is 0 Å². The highest BCUT2D eigenvalue weighted by molar-refractivity contribution is 14.1. The van der Waals surface area contributed by atoms with Gasteiger partial charge in [-0.25, -0.2) is 0 Å². The van der Waals surface area contributed by atoms with Crippen LogP contribution in [0.25, 0.3) is 0 Å². The maximum atomic E-state index is 10.6. The van der Waals surface area contributed by atoms with Crippen molar-refractivity contribution in [3.8, 4) is 0 Å². The van der Waals surface area contributed by atoms with Crippen LogP contribution in [-0.2, 0) is 10.1 Å². The van der Waals surface area contributed by atoms with Crippen LogP contribution < -0.4 is 0 Å². The first kappa shape index (κ1) is 16.5. The fourth-order valence-corrected chi connectivity index (χ4v) is 2.31. The Morgan fingerprint density at radius 2 is 1.50 bits per heavy atom. The Hall–Kier alpha value is -1.52. The lowest BCUT2D eigenvalue weighted by Crippen LogP contribution is -2.02. The molecule has 0 unspecified atom stereocenters. The summed E-state index contributed by atoms with van der Waals surface area (Å²) in [4.78, 5) is 8.73. The predicted molar refractivity (Wildman–Crippen MR) is 82.1 cm³/mol. The molecule has 0 aromatic heterocycles. The van der Waals surface area contributed by atoms with Crippen molar-refractivity contribution in [3.05, 3.63) is 68.3 Å². The minimum atomic E-state index is -4.52. The SMILES string of the molecule is Ic1ccccc1.O=[N+]([O-])c1ccccc1S(=O)(=O)O. The second-order valence-corrected chi connectivity index (χ2v) is 6.13. The monoisotopic (exact) mass is 407 g/mol. The van der Waals surface area contributed by atoms with E-state index in [-0.39, 0.29) is 0 Å². The highest BCUT2D eigenvalue weighted by Crippen LogP contribution is 2.21. The molecule has 0 spiro atoms. The van der Waals surface area contributed by atoms with Gasteiger partial charge >= 0.3 is 10.1 Å². The van der Waals surface area contributed by atoms with Crippen molar-refractivity contribution in [3.63, 3.8) is 0 Å². The average molecular weight is 407 g/mol. The maximum Gasteiger partial charge on any atom is 0.301 e. The van der Waals surface area contributed by atoms with E-state index in [2.05, 4.69) is 34.7 Å². The molecule has 20 heavy (non-hydrogen) atoms. The summed E-state index contributed by atoms with van der Waals surface area (Å²) in [6.45, 7) is 0. The summed E-state index contributed by atoms with van der Waals surface area (Å²) in [5.74, 6) is 0. The summed E-state index contributed by atoms with van der Waals surface area (Å²) in [7, 11) is -4.52. The number of hydrogen-bond acceptors (Lipinski definition) is 4. The molecule has 1 N–H and O–H groups in total. The summed E-state index contributed by atoms with van der Waals surface area (Å²) in [5.41, 5.74) is -0.634. The third-order valence-electron chi connectivity index (χ3n) is 2.07. The van der Waals surface area contributed by atoms with Crippen molar-refractivity contribution in [2.45, 2.75) is 4.90 Å². The van der Waals surface area contributed by atoms with Crippen LogP contribution in [0.2, 0.25) is 0 Å². The molecule has 0 saturated carbocycles. The number of para-hydroxylation sites is 1. The highest BCUT2D eigenvalue weighted by Gasteiger charge is 2.22. The first-order chi connectivity index (χ1) is 9.32. The zero-order chi connectivity index (χ0) is 15.2. The number of benzene rings is 2. The van der Waals surface area contributed by atoms with E-state index in [1.165, 1.54) is 15.7 Å². The second-order valence-electron chi connectivity index (χ2n) is 3.50. The minimum absolute atomic E-state index is 0.634. The summed E-state index contributed by atoms with van der Waals surface area (Å²) in [6.07, 6.45) is 0. The van der Waals surface area contributed by atoms with E-state index in [0.29, 0.717) is 0 Å². The Morgan fingerprint density at radius 1 is 1.00 bits per heavy atom. The standard InChI is InChI=1S/C6H5I.C6H5NO5S/c7-6-4-2-1-3-5-6;8-7(9)5-3-1-2-4-6(5)13(10,11)12/h1-5H;1-4H,(H,10,11,12). The lowest BCUT2D eigenvalue weighted by atomic mass is 10.3. The maximum absolute atomic E-state index is 10.6. The van der Waals surface area contributed by atoms with Crippen molar-refractivity contribution >= 4 is 38.4 Å². The fourth-order valence-electron chi connectivity index (χ4n) is 1.24. The van der Waals surface area contributed by atoms with Gasteiger partial charge in [0, 0.05) is 9.64 Å². The van der Waals surface area contributed by atoms with Crippen LogP contribution >= 0.6 is 22.6 Å². The first-order valence-corrected chi connectivity index (χ1v) is 7.75. The lowest BCUT2D eigenvalue weighted by molar-refractivity contribution is -0.387. The number of hydrogen-bond donors (Lipinski definition) is 1. The molecule has 0 amide bonds. The molecule has 0 aliphatic carbocycles. The van der Waals surface area contributed by atoms with Gasteiger partial charge in [-0.1, -0.05) is 30.3 Å². The van der Waals surface area contributed by atoms with Gasteiger partial charge in [-0.15, -0.1) is 0 Å². The zero-order valence-corrected chi connectivity index (χ0v) is 13.0. The largest absolute Gasteiger partial charge is 0.301 e. The molecule has 2 aromatic carbocycles. The van der Waals surface area contributed by atoms with E-state index < -0.39 is 25.6 Å². The van der Waals surface area contributed by atoms with E-state index in [4.69, 9.17) is 4.55 Å². The Bertz CT molecular complexity index is 688. The van der Waals surface area contributed by atoms with Crippen LogP contribution in [0.4, 0.5) is 5.69 Å². The van der Waals surface area contributed by atoms with Crippen LogP contribution in [0, 0.1) is 13.7 Å². The topological polar surface area (TPSA) is 97.5 Å². The third kappa shape index (κ3) is 5.23. The number of nitrogens with zero attached hydrogens (tertiary/aromatic N) is 1. The molecule has 0 bridgehead atoms. The van der Waals surface area contributed by atoms with Crippen LogP contribution in [-0.4, -0.2) is 17.9 Å². The first-order valence-electron chi connectivity index (χ1n) is 5.24. The van der Waals surface area contributed by atoms with Crippen molar-refractivity contribution < 1.29 is 17.9 Å². The quantitative estimate of drug-likeness (QED) is 0.357. The molecule has 0 atom stereocenters. The van der Waals surface area contributed by atoms with Gasteiger partial charge in [-0.3, -0.25) is 14.7 Å². The molecular formula is C12H10INO5S. The van der Waals surface area contributed by atoms with Gasteiger partial charge in [-0.05, 0) is 40.8 Å². The molecule has 0 aliphatic rings. The van der Waals surface area contributed by atoms with Gasteiger partial charge in [0.2, 0.25) is 0 Å². The van der Waals surface area contributed by atoms with Gasteiger partial charge in [0.05, 0.1) is 4.92 Å². The summed E-state index contributed by atoms with van der Waals surface area (Å²) in [6, 6.07) is 14.8. The molecular weight excluding hydrogens is 397 g/mol. The number of nitro benzene ring substituents is 1.